The summed E-state index contributed by atoms with van der Waals surface area (Å²) in [6.07, 6.45) is 5.20. The van der Waals surface area contributed by atoms with E-state index in [0.717, 1.165) is 40.8 Å². The molecule has 0 radical (unpaired) electrons. The van der Waals surface area contributed by atoms with Gasteiger partial charge in [0.15, 0.2) is 5.13 Å². The first-order valence-electron chi connectivity index (χ1n) is 10.6. The van der Waals surface area contributed by atoms with Crippen LogP contribution in [0.5, 0.6) is 0 Å². The van der Waals surface area contributed by atoms with Crippen LogP contribution >= 0.6 is 11.3 Å². The lowest BCUT2D eigenvalue weighted by Gasteiger charge is -2.23. The predicted molar refractivity (Wildman–Crippen MR) is 132 cm³/mol. The number of aryl methyl sites for hydroxylation is 2. The number of hydrogen-bond acceptors (Lipinski definition) is 6. The Morgan fingerprint density at radius 2 is 1.88 bits per heavy atom. The van der Waals surface area contributed by atoms with Gasteiger partial charge in [-0.2, -0.15) is 5.26 Å². The molecule has 2 heterocycles. The molecule has 9 heteroatoms. The van der Waals surface area contributed by atoms with Gasteiger partial charge in [0, 0.05) is 29.0 Å². The SMILES string of the molecule is Cc1cc(-c2cncc(C#N)c2)cc(C)c1NC(=O)C(C)(C)c1csc(NS(=O)C2CC2)n1. The molecule has 1 amide bonds. The highest BCUT2D eigenvalue weighted by atomic mass is 32.2. The Kier molecular flexibility index (Phi) is 6.32. The van der Waals surface area contributed by atoms with E-state index in [1.807, 2.05) is 45.2 Å². The van der Waals surface area contributed by atoms with E-state index in [4.69, 9.17) is 5.26 Å². The zero-order valence-corrected chi connectivity index (χ0v) is 20.6. The number of hydrogen-bond donors (Lipinski definition) is 2. The van der Waals surface area contributed by atoms with Crippen LogP contribution in [-0.4, -0.2) is 25.3 Å². The quantitative estimate of drug-likeness (QED) is 0.504. The number of nitrogens with zero attached hydrogens (tertiary/aromatic N) is 3. The monoisotopic (exact) mass is 479 g/mol. The van der Waals surface area contributed by atoms with Gasteiger partial charge in [0.2, 0.25) is 5.91 Å². The average Bonchev–Trinajstić information content (AvgIpc) is 3.54. The van der Waals surface area contributed by atoms with E-state index >= 15 is 0 Å². The number of anilines is 2. The molecule has 33 heavy (non-hydrogen) atoms. The summed E-state index contributed by atoms with van der Waals surface area (Å²) >= 11 is 1.36. The summed E-state index contributed by atoms with van der Waals surface area (Å²) in [5.41, 5.74) is 4.63. The number of carbonyl (C=O) groups is 1. The normalized spacial score (nSPS) is 14.4. The first-order valence-corrected chi connectivity index (χ1v) is 12.7. The van der Waals surface area contributed by atoms with Gasteiger partial charge in [0.1, 0.15) is 17.1 Å². The molecule has 7 nitrogen and oxygen atoms in total. The minimum Gasteiger partial charge on any atom is -0.325 e. The standard InChI is InChI=1S/C24H25N5O2S2/c1-14-7-17(18-9-16(10-25)11-26-12-18)8-15(2)21(14)28-22(30)24(3,4)20-13-32-23(27-20)29-33(31)19-5-6-19/h7-9,11-13,19H,5-6H2,1-4H3,(H,27,29)(H,28,30). The summed E-state index contributed by atoms with van der Waals surface area (Å²) in [5, 5.41) is 14.8. The van der Waals surface area contributed by atoms with E-state index in [0.29, 0.717) is 16.4 Å². The van der Waals surface area contributed by atoms with Crippen LogP contribution in [0.3, 0.4) is 0 Å². The molecule has 1 saturated carbocycles. The molecule has 1 unspecified atom stereocenters. The van der Waals surface area contributed by atoms with E-state index < -0.39 is 16.4 Å². The highest BCUT2D eigenvalue weighted by Crippen LogP contribution is 2.33. The van der Waals surface area contributed by atoms with Gasteiger partial charge >= 0.3 is 0 Å². The smallest absolute Gasteiger partial charge is 0.236 e. The Morgan fingerprint density at radius 3 is 2.52 bits per heavy atom. The Labute approximate surface area is 199 Å². The second-order valence-corrected chi connectivity index (χ2v) is 11.1. The van der Waals surface area contributed by atoms with Gasteiger partial charge in [-0.25, -0.2) is 9.19 Å². The van der Waals surface area contributed by atoms with Crippen LogP contribution in [0.15, 0.2) is 36.0 Å². The molecule has 4 rings (SSSR count). The van der Waals surface area contributed by atoms with Crippen molar-refractivity contribution in [1.82, 2.24) is 9.97 Å². The predicted octanol–water partition coefficient (Wildman–Crippen LogP) is 4.85. The van der Waals surface area contributed by atoms with Crippen molar-refractivity contribution >= 4 is 39.0 Å². The van der Waals surface area contributed by atoms with Crippen LogP contribution in [-0.2, 0) is 21.2 Å². The maximum absolute atomic E-state index is 13.3. The van der Waals surface area contributed by atoms with Crippen molar-refractivity contribution in [3.63, 3.8) is 0 Å². The van der Waals surface area contributed by atoms with Gasteiger partial charge in [-0.1, -0.05) is 0 Å². The van der Waals surface area contributed by atoms with Gasteiger partial charge in [0.25, 0.3) is 0 Å². The molecule has 0 saturated heterocycles. The lowest BCUT2D eigenvalue weighted by Crippen LogP contribution is -2.35. The third-order valence-corrected chi connectivity index (χ3v) is 8.06. The largest absolute Gasteiger partial charge is 0.325 e. The number of amides is 1. The molecule has 3 aromatic rings. The second-order valence-electron chi connectivity index (χ2n) is 8.77. The first kappa shape index (κ1) is 23.1. The lowest BCUT2D eigenvalue weighted by molar-refractivity contribution is -0.120. The highest BCUT2D eigenvalue weighted by molar-refractivity contribution is 7.87. The van der Waals surface area contributed by atoms with Gasteiger partial charge in [0.05, 0.1) is 21.9 Å². The summed E-state index contributed by atoms with van der Waals surface area (Å²) in [5.74, 6) is -0.172. The number of carbonyl (C=O) groups excluding carboxylic acids is 1. The number of rotatable bonds is 7. The van der Waals surface area contributed by atoms with E-state index in [2.05, 4.69) is 26.1 Å². The van der Waals surface area contributed by atoms with Crippen LogP contribution < -0.4 is 10.0 Å². The van der Waals surface area contributed by atoms with E-state index in [1.165, 1.54) is 17.5 Å². The van der Waals surface area contributed by atoms with Crippen LogP contribution in [0.1, 0.15) is 49.1 Å². The zero-order chi connectivity index (χ0) is 23.8. The molecule has 1 atom stereocenters. The maximum atomic E-state index is 13.3. The molecule has 1 fully saturated rings. The Hall–Kier alpha value is -3.09. The molecule has 1 aliphatic carbocycles. The summed E-state index contributed by atoms with van der Waals surface area (Å²) in [6.45, 7) is 7.55. The Morgan fingerprint density at radius 1 is 1.18 bits per heavy atom. The topological polar surface area (TPSA) is 108 Å². The van der Waals surface area contributed by atoms with E-state index in [9.17, 15) is 9.00 Å². The molecule has 2 N–H and O–H groups in total. The molecule has 0 spiro atoms. The number of thiazole rings is 1. The van der Waals surface area contributed by atoms with E-state index in [-0.39, 0.29) is 11.2 Å². The fourth-order valence-corrected chi connectivity index (χ4v) is 5.54. The molecule has 170 valence electrons. The number of pyridine rings is 1. The summed E-state index contributed by atoms with van der Waals surface area (Å²) < 4.78 is 15.1. The summed E-state index contributed by atoms with van der Waals surface area (Å²) in [7, 11) is -1.12. The minimum atomic E-state index is -1.12. The van der Waals surface area contributed by atoms with E-state index in [1.54, 1.807) is 12.3 Å². The maximum Gasteiger partial charge on any atom is 0.236 e. The third kappa shape index (κ3) is 4.97. The first-order chi connectivity index (χ1) is 15.7. The summed E-state index contributed by atoms with van der Waals surface area (Å²) in [4.78, 5) is 21.9. The van der Waals surface area contributed by atoms with Crippen molar-refractivity contribution in [3.05, 3.63) is 58.4 Å². The lowest BCUT2D eigenvalue weighted by atomic mass is 9.88. The van der Waals surface area contributed by atoms with Crippen molar-refractivity contribution < 1.29 is 9.00 Å². The fourth-order valence-electron chi connectivity index (χ4n) is 3.43. The third-order valence-electron chi connectivity index (χ3n) is 5.70. The number of nitriles is 1. The van der Waals surface area contributed by atoms with Crippen LogP contribution in [0.2, 0.25) is 0 Å². The van der Waals surface area contributed by atoms with Gasteiger partial charge in [-0.05, 0) is 75.4 Å². The Balaban J connectivity index is 1.53. The van der Waals surface area contributed by atoms with Crippen molar-refractivity contribution in [3.8, 4) is 17.2 Å². The van der Waals surface area contributed by atoms with Gasteiger partial charge < -0.3 is 5.32 Å². The van der Waals surface area contributed by atoms with Crippen molar-refractivity contribution in [2.75, 3.05) is 10.0 Å². The molecule has 1 aromatic carbocycles. The average molecular weight is 480 g/mol. The summed E-state index contributed by atoms with van der Waals surface area (Å²) in [6, 6.07) is 7.86. The van der Waals surface area contributed by atoms with Gasteiger partial charge in [-0.15, -0.1) is 11.3 Å². The van der Waals surface area contributed by atoms with Crippen molar-refractivity contribution in [2.24, 2.45) is 0 Å². The zero-order valence-electron chi connectivity index (χ0n) is 18.9. The fraction of sp³-hybridized carbons (Fsp3) is 0.333. The van der Waals surface area contributed by atoms with Crippen LogP contribution in [0.25, 0.3) is 11.1 Å². The van der Waals surface area contributed by atoms with Crippen molar-refractivity contribution in [1.29, 1.82) is 5.26 Å². The minimum absolute atomic E-state index is 0.172. The van der Waals surface area contributed by atoms with Crippen molar-refractivity contribution in [2.45, 2.75) is 51.2 Å². The highest BCUT2D eigenvalue weighted by Gasteiger charge is 2.34. The molecule has 0 bridgehead atoms. The molecule has 0 aliphatic heterocycles. The molecular weight excluding hydrogens is 454 g/mol. The molecule has 1 aliphatic rings. The Bertz CT molecular complexity index is 1260. The number of nitrogens with one attached hydrogen (secondary N) is 2. The van der Waals surface area contributed by atoms with Crippen LogP contribution in [0.4, 0.5) is 10.8 Å². The van der Waals surface area contributed by atoms with Crippen LogP contribution in [0, 0.1) is 25.2 Å². The number of benzene rings is 1. The molecular formula is C24H25N5O2S2. The number of aromatic nitrogens is 2. The molecule has 2 aromatic heterocycles. The second kappa shape index (κ2) is 9.04. The van der Waals surface area contributed by atoms with Gasteiger partial charge in [-0.3, -0.25) is 14.5 Å².